The van der Waals surface area contributed by atoms with Crippen molar-refractivity contribution in [3.8, 4) is 0 Å². The SMILES string of the molecule is COC(C)c1noc(CN2CCCC2C(O)C(F)(F)F)n1. The quantitative estimate of drug-likeness (QED) is 0.892. The molecule has 21 heavy (non-hydrogen) atoms. The van der Waals surface area contributed by atoms with Crippen molar-refractivity contribution in [3.63, 3.8) is 0 Å². The van der Waals surface area contributed by atoms with Crippen LogP contribution in [0, 0.1) is 0 Å². The van der Waals surface area contributed by atoms with Crippen LogP contribution in [0.5, 0.6) is 0 Å². The van der Waals surface area contributed by atoms with E-state index < -0.39 is 18.3 Å². The standard InChI is InChI=1S/C12H18F3N3O3/c1-7(20-2)11-16-9(21-17-11)6-18-5-3-4-8(18)10(19)12(13,14)15/h7-8,10,19H,3-6H2,1-2H3. The number of aromatic nitrogens is 2. The Kier molecular flexibility index (Phi) is 4.84. The van der Waals surface area contributed by atoms with Gasteiger partial charge in [0.15, 0.2) is 11.9 Å². The smallest absolute Gasteiger partial charge is 0.382 e. The van der Waals surface area contributed by atoms with E-state index in [0.29, 0.717) is 18.8 Å². The zero-order chi connectivity index (χ0) is 15.6. The van der Waals surface area contributed by atoms with Gasteiger partial charge in [-0.2, -0.15) is 18.2 Å². The van der Waals surface area contributed by atoms with Crippen LogP contribution in [0.2, 0.25) is 0 Å². The lowest BCUT2D eigenvalue weighted by Crippen LogP contribution is -2.46. The topological polar surface area (TPSA) is 71.6 Å². The summed E-state index contributed by atoms with van der Waals surface area (Å²) >= 11 is 0. The van der Waals surface area contributed by atoms with E-state index in [-0.39, 0.29) is 25.0 Å². The average molecular weight is 309 g/mol. The fourth-order valence-corrected chi connectivity index (χ4v) is 2.40. The van der Waals surface area contributed by atoms with Crippen LogP contribution in [0.15, 0.2) is 4.52 Å². The van der Waals surface area contributed by atoms with Crippen molar-refractivity contribution in [1.82, 2.24) is 15.0 Å². The molecular formula is C12H18F3N3O3. The third-order valence-electron chi connectivity index (χ3n) is 3.65. The summed E-state index contributed by atoms with van der Waals surface area (Å²) in [6.07, 6.45) is -6.46. The number of alkyl halides is 3. The molecule has 0 radical (unpaired) electrons. The van der Waals surface area contributed by atoms with Crippen molar-refractivity contribution in [3.05, 3.63) is 11.7 Å². The van der Waals surface area contributed by atoms with Gasteiger partial charge in [-0.15, -0.1) is 0 Å². The molecule has 1 aliphatic heterocycles. The number of hydrogen-bond donors (Lipinski definition) is 1. The maximum absolute atomic E-state index is 12.6. The predicted molar refractivity (Wildman–Crippen MR) is 65.2 cm³/mol. The zero-order valence-corrected chi connectivity index (χ0v) is 11.8. The highest BCUT2D eigenvalue weighted by Crippen LogP contribution is 2.31. The highest BCUT2D eigenvalue weighted by Gasteiger charge is 2.47. The van der Waals surface area contributed by atoms with Crippen molar-refractivity contribution in [1.29, 1.82) is 0 Å². The van der Waals surface area contributed by atoms with Crippen LogP contribution in [-0.4, -0.2) is 52.1 Å². The second-order valence-corrected chi connectivity index (χ2v) is 5.09. The van der Waals surface area contributed by atoms with Crippen LogP contribution in [0.1, 0.15) is 37.6 Å². The fourth-order valence-electron chi connectivity index (χ4n) is 2.40. The number of methoxy groups -OCH3 is 1. The monoisotopic (exact) mass is 309 g/mol. The largest absolute Gasteiger partial charge is 0.415 e. The zero-order valence-electron chi connectivity index (χ0n) is 11.8. The number of hydrogen-bond acceptors (Lipinski definition) is 6. The van der Waals surface area contributed by atoms with Crippen LogP contribution >= 0.6 is 0 Å². The summed E-state index contributed by atoms with van der Waals surface area (Å²) < 4.78 is 47.9. The number of aliphatic hydroxyl groups is 1. The lowest BCUT2D eigenvalue weighted by atomic mass is 10.1. The van der Waals surface area contributed by atoms with Crippen LogP contribution in [-0.2, 0) is 11.3 Å². The Labute approximate surface area is 119 Å². The molecule has 0 bridgehead atoms. The Hall–Kier alpha value is -1.19. The summed E-state index contributed by atoms with van der Waals surface area (Å²) in [6.45, 7) is 2.28. The molecule has 1 aromatic rings. The van der Waals surface area contributed by atoms with Crippen LogP contribution < -0.4 is 0 Å². The van der Waals surface area contributed by atoms with Crippen LogP contribution in [0.4, 0.5) is 13.2 Å². The summed E-state index contributed by atoms with van der Waals surface area (Å²) in [5.41, 5.74) is 0. The first kappa shape index (κ1) is 16.2. The second kappa shape index (κ2) is 6.29. The Morgan fingerprint density at radius 3 is 2.86 bits per heavy atom. The maximum atomic E-state index is 12.6. The maximum Gasteiger partial charge on any atom is 0.415 e. The van der Waals surface area contributed by atoms with E-state index in [1.807, 2.05) is 0 Å². The van der Waals surface area contributed by atoms with E-state index in [2.05, 4.69) is 10.1 Å². The van der Waals surface area contributed by atoms with Gasteiger partial charge in [0.05, 0.1) is 6.54 Å². The van der Waals surface area contributed by atoms with Gasteiger partial charge in [-0.1, -0.05) is 5.16 Å². The molecule has 2 rings (SSSR count). The van der Waals surface area contributed by atoms with Gasteiger partial charge in [0.1, 0.15) is 6.10 Å². The molecule has 3 unspecified atom stereocenters. The van der Waals surface area contributed by atoms with Gasteiger partial charge >= 0.3 is 6.18 Å². The highest BCUT2D eigenvalue weighted by atomic mass is 19.4. The van der Waals surface area contributed by atoms with E-state index in [0.717, 1.165) is 0 Å². The lowest BCUT2D eigenvalue weighted by Gasteiger charge is -2.28. The molecule has 0 amide bonds. The molecule has 1 saturated heterocycles. The van der Waals surface area contributed by atoms with Gasteiger partial charge in [-0.25, -0.2) is 0 Å². The number of halogens is 3. The molecule has 3 atom stereocenters. The molecule has 1 fully saturated rings. The molecule has 2 heterocycles. The third kappa shape index (κ3) is 3.72. The third-order valence-corrected chi connectivity index (χ3v) is 3.65. The molecule has 1 aromatic heterocycles. The van der Waals surface area contributed by atoms with Gasteiger partial charge in [0.25, 0.3) is 0 Å². The summed E-state index contributed by atoms with van der Waals surface area (Å²) in [4.78, 5) is 5.61. The molecule has 6 nitrogen and oxygen atoms in total. The van der Waals surface area contributed by atoms with Gasteiger partial charge in [-0.3, -0.25) is 4.90 Å². The summed E-state index contributed by atoms with van der Waals surface area (Å²) in [6, 6.07) is -0.972. The number of ether oxygens (including phenoxy) is 1. The normalized spacial score (nSPS) is 23.4. The van der Waals surface area contributed by atoms with E-state index in [9.17, 15) is 18.3 Å². The van der Waals surface area contributed by atoms with E-state index in [1.54, 1.807) is 6.92 Å². The first-order chi connectivity index (χ1) is 9.82. The molecule has 0 saturated carbocycles. The molecular weight excluding hydrogens is 291 g/mol. The van der Waals surface area contributed by atoms with Crippen molar-refractivity contribution in [2.24, 2.45) is 0 Å². The Morgan fingerprint density at radius 1 is 1.52 bits per heavy atom. The summed E-state index contributed by atoms with van der Waals surface area (Å²) in [7, 11) is 1.50. The summed E-state index contributed by atoms with van der Waals surface area (Å²) in [5.74, 6) is 0.565. The van der Waals surface area contributed by atoms with E-state index >= 15 is 0 Å². The molecule has 1 N–H and O–H groups in total. The minimum atomic E-state index is -4.63. The van der Waals surface area contributed by atoms with Crippen molar-refractivity contribution in [2.45, 2.75) is 50.7 Å². The van der Waals surface area contributed by atoms with Gasteiger partial charge < -0.3 is 14.4 Å². The fraction of sp³-hybridized carbons (Fsp3) is 0.833. The van der Waals surface area contributed by atoms with Crippen LogP contribution in [0.25, 0.3) is 0 Å². The van der Waals surface area contributed by atoms with E-state index in [4.69, 9.17) is 9.26 Å². The van der Waals surface area contributed by atoms with Crippen molar-refractivity contribution in [2.75, 3.05) is 13.7 Å². The summed E-state index contributed by atoms with van der Waals surface area (Å²) in [5, 5.41) is 13.1. The van der Waals surface area contributed by atoms with Crippen molar-refractivity contribution < 1.29 is 27.5 Å². The minimum absolute atomic E-state index is 0.0846. The highest BCUT2D eigenvalue weighted by molar-refractivity contribution is 4.94. The minimum Gasteiger partial charge on any atom is -0.382 e. The molecule has 1 aliphatic rings. The second-order valence-electron chi connectivity index (χ2n) is 5.09. The Morgan fingerprint density at radius 2 is 2.24 bits per heavy atom. The Bertz CT molecular complexity index is 466. The van der Waals surface area contributed by atoms with Crippen molar-refractivity contribution >= 4 is 0 Å². The Balaban J connectivity index is 2.03. The molecule has 0 spiro atoms. The first-order valence-corrected chi connectivity index (χ1v) is 6.67. The molecule has 120 valence electrons. The number of likely N-dealkylation sites (tertiary alicyclic amines) is 1. The van der Waals surface area contributed by atoms with Gasteiger partial charge in [0, 0.05) is 13.2 Å². The predicted octanol–water partition coefficient (Wildman–Crippen LogP) is 1.66. The number of nitrogens with zero attached hydrogens (tertiary/aromatic N) is 3. The molecule has 0 aliphatic carbocycles. The van der Waals surface area contributed by atoms with E-state index in [1.165, 1.54) is 12.0 Å². The molecule has 0 aromatic carbocycles. The van der Waals surface area contributed by atoms with Gasteiger partial charge in [-0.05, 0) is 26.3 Å². The number of aliphatic hydroxyl groups excluding tert-OH is 1. The van der Waals surface area contributed by atoms with Gasteiger partial charge in [0.2, 0.25) is 5.89 Å². The van der Waals surface area contributed by atoms with Crippen LogP contribution in [0.3, 0.4) is 0 Å². The molecule has 9 heteroatoms. The number of rotatable bonds is 5. The first-order valence-electron chi connectivity index (χ1n) is 6.67. The average Bonchev–Trinajstić information content (AvgIpc) is 3.05. The lowest BCUT2D eigenvalue weighted by molar-refractivity contribution is -0.219.